The number of fused-ring (bicyclic) bond motifs is 1. The van der Waals surface area contributed by atoms with Crippen molar-refractivity contribution in [3.05, 3.63) is 41.3 Å². The predicted octanol–water partition coefficient (Wildman–Crippen LogP) is 3.14. The Balaban J connectivity index is 1.76. The molecule has 1 amide bonds. The SMILES string of the molecule is CC(CO)(NC(=O)c1cc(C2CC2)nc2ccc(F)cc12)C1CC1. The second-order valence-corrected chi connectivity index (χ2v) is 7.33. The number of benzene rings is 1. The van der Waals surface area contributed by atoms with E-state index in [0.717, 1.165) is 31.4 Å². The lowest BCUT2D eigenvalue weighted by molar-refractivity contribution is 0.0826. The van der Waals surface area contributed by atoms with Crippen molar-refractivity contribution in [3.8, 4) is 0 Å². The van der Waals surface area contributed by atoms with Gasteiger partial charge in [0.15, 0.2) is 0 Å². The van der Waals surface area contributed by atoms with E-state index >= 15 is 0 Å². The molecule has 1 atom stereocenters. The molecule has 0 radical (unpaired) electrons. The molecule has 1 heterocycles. The summed E-state index contributed by atoms with van der Waals surface area (Å²) in [6.45, 7) is 1.77. The lowest BCUT2D eigenvalue weighted by Gasteiger charge is -2.29. The number of carbonyl (C=O) groups is 1. The van der Waals surface area contributed by atoms with Crippen molar-refractivity contribution in [2.24, 2.45) is 5.92 Å². The fourth-order valence-corrected chi connectivity index (χ4v) is 3.31. The zero-order chi connectivity index (χ0) is 16.9. The Morgan fingerprint density at radius 3 is 2.71 bits per heavy atom. The Morgan fingerprint density at radius 2 is 2.08 bits per heavy atom. The molecule has 5 heteroatoms. The summed E-state index contributed by atoms with van der Waals surface area (Å²) >= 11 is 0. The first-order valence-corrected chi connectivity index (χ1v) is 8.54. The van der Waals surface area contributed by atoms with Crippen LogP contribution in [0.5, 0.6) is 0 Å². The van der Waals surface area contributed by atoms with Gasteiger partial charge in [-0.1, -0.05) is 0 Å². The normalized spacial score (nSPS) is 20.0. The predicted molar refractivity (Wildman–Crippen MR) is 89.4 cm³/mol. The van der Waals surface area contributed by atoms with Gasteiger partial charge in [0, 0.05) is 17.0 Å². The molecular weight excluding hydrogens is 307 g/mol. The monoisotopic (exact) mass is 328 g/mol. The lowest BCUT2D eigenvalue weighted by atomic mass is 9.95. The number of hydrogen-bond donors (Lipinski definition) is 2. The summed E-state index contributed by atoms with van der Waals surface area (Å²) in [7, 11) is 0. The fraction of sp³-hybridized carbons (Fsp3) is 0.474. The van der Waals surface area contributed by atoms with Gasteiger partial charge in [-0.15, -0.1) is 0 Å². The van der Waals surface area contributed by atoms with E-state index < -0.39 is 5.54 Å². The summed E-state index contributed by atoms with van der Waals surface area (Å²) in [5.74, 6) is 0.0563. The quantitative estimate of drug-likeness (QED) is 0.886. The number of pyridine rings is 1. The fourth-order valence-electron chi connectivity index (χ4n) is 3.31. The van der Waals surface area contributed by atoms with Gasteiger partial charge in [0.25, 0.3) is 5.91 Å². The lowest BCUT2D eigenvalue weighted by Crippen LogP contribution is -2.50. The Hall–Kier alpha value is -2.01. The molecule has 0 spiro atoms. The van der Waals surface area contributed by atoms with Gasteiger partial charge in [0.1, 0.15) is 5.82 Å². The molecule has 4 rings (SSSR count). The van der Waals surface area contributed by atoms with Crippen LogP contribution in [0.25, 0.3) is 10.9 Å². The molecule has 2 aromatic rings. The second-order valence-electron chi connectivity index (χ2n) is 7.33. The van der Waals surface area contributed by atoms with E-state index in [0.29, 0.717) is 28.3 Å². The molecule has 1 unspecified atom stereocenters. The Labute approximate surface area is 140 Å². The molecule has 2 aliphatic carbocycles. The smallest absolute Gasteiger partial charge is 0.252 e. The van der Waals surface area contributed by atoms with Crippen LogP contribution in [0.15, 0.2) is 24.3 Å². The van der Waals surface area contributed by atoms with E-state index in [1.807, 2.05) is 6.92 Å². The van der Waals surface area contributed by atoms with Crippen LogP contribution in [0, 0.1) is 11.7 Å². The standard InChI is InChI=1S/C19H21FN2O2/c1-19(10-23,12-4-5-12)22-18(24)15-9-17(11-2-3-11)21-16-7-6-13(20)8-14(15)16/h6-9,11-12,23H,2-5,10H2,1H3,(H,22,24). The van der Waals surface area contributed by atoms with E-state index in [-0.39, 0.29) is 18.3 Å². The van der Waals surface area contributed by atoms with Crippen LogP contribution in [0.4, 0.5) is 4.39 Å². The maximum atomic E-state index is 13.7. The summed E-state index contributed by atoms with van der Waals surface area (Å²) in [5.41, 5.74) is 1.36. The number of amides is 1. The third-order valence-electron chi connectivity index (χ3n) is 5.24. The largest absolute Gasteiger partial charge is 0.394 e. The summed E-state index contributed by atoms with van der Waals surface area (Å²) in [4.78, 5) is 17.5. The number of nitrogens with zero attached hydrogens (tertiary/aromatic N) is 1. The molecular formula is C19H21FN2O2. The Kier molecular flexibility index (Phi) is 3.57. The Bertz CT molecular complexity index is 814. The van der Waals surface area contributed by atoms with Crippen molar-refractivity contribution in [1.29, 1.82) is 0 Å². The number of halogens is 1. The maximum Gasteiger partial charge on any atom is 0.252 e. The summed E-state index contributed by atoms with van der Waals surface area (Å²) in [6, 6.07) is 6.15. The van der Waals surface area contributed by atoms with E-state index in [1.165, 1.54) is 12.1 Å². The van der Waals surface area contributed by atoms with Crippen molar-refractivity contribution in [2.45, 2.75) is 44.1 Å². The molecule has 0 bridgehead atoms. The minimum atomic E-state index is -0.625. The van der Waals surface area contributed by atoms with E-state index in [1.54, 1.807) is 12.1 Å². The molecule has 126 valence electrons. The molecule has 1 aromatic heterocycles. The Morgan fingerprint density at radius 1 is 1.33 bits per heavy atom. The summed E-state index contributed by atoms with van der Waals surface area (Å²) in [6.07, 6.45) is 4.18. The van der Waals surface area contributed by atoms with Crippen LogP contribution in [-0.4, -0.2) is 28.1 Å². The first kappa shape index (κ1) is 15.5. The summed E-state index contributed by atoms with van der Waals surface area (Å²) < 4.78 is 13.7. The number of aromatic nitrogens is 1. The molecule has 24 heavy (non-hydrogen) atoms. The van der Waals surface area contributed by atoms with Crippen LogP contribution < -0.4 is 5.32 Å². The van der Waals surface area contributed by atoms with Crippen molar-refractivity contribution < 1.29 is 14.3 Å². The molecule has 4 nitrogen and oxygen atoms in total. The van der Waals surface area contributed by atoms with Crippen molar-refractivity contribution >= 4 is 16.8 Å². The first-order chi connectivity index (χ1) is 11.5. The number of nitrogens with one attached hydrogen (secondary N) is 1. The van der Waals surface area contributed by atoms with Crippen LogP contribution >= 0.6 is 0 Å². The zero-order valence-corrected chi connectivity index (χ0v) is 13.7. The third kappa shape index (κ3) is 2.77. The average molecular weight is 328 g/mol. The molecule has 2 aliphatic rings. The highest BCUT2D eigenvalue weighted by Crippen LogP contribution is 2.41. The van der Waals surface area contributed by atoms with Gasteiger partial charge in [-0.05, 0) is 62.8 Å². The first-order valence-electron chi connectivity index (χ1n) is 8.54. The van der Waals surface area contributed by atoms with Crippen molar-refractivity contribution in [2.75, 3.05) is 6.61 Å². The van der Waals surface area contributed by atoms with Crippen LogP contribution in [0.3, 0.4) is 0 Å². The second kappa shape index (κ2) is 5.52. The highest BCUT2D eigenvalue weighted by Gasteiger charge is 2.42. The molecule has 0 aliphatic heterocycles. The van der Waals surface area contributed by atoms with Gasteiger partial charge >= 0.3 is 0 Å². The number of aliphatic hydroxyl groups excluding tert-OH is 1. The molecule has 2 fully saturated rings. The van der Waals surface area contributed by atoms with Gasteiger partial charge < -0.3 is 10.4 Å². The summed E-state index contributed by atoms with van der Waals surface area (Å²) in [5, 5.41) is 13.2. The zero-order valence-electron chi connectivity index (χ0n) is 13.7. The molecule has 2 saturated carbocycles. The molecule has 1 aromatic carbocycles. The highest BCUT2D eigenvalue weighted by atomic mass is 19.1. The number of hydrogen-bond acceptors (Lipinski definition) is 3. The topological polar surface area (TPSA) is 62.2 Å². The highest BCUT2D eigenvalue weighted by molar-refractivity contribution is 6.06. The van der Waals surface area contributed by atoms with Gasteiger partial charge in [0.05, 0.1) is 23.2 Å². The minimum Gasteiger partial charge on any atom is -0.394 e. The maximum absolute atomic E-state index is 13.7. The number of carbonyl (C=O) groups excluding carboxylic acids is 1. The number of aliphatic hydroxyl groups is 1. The van der Waals surface area contributed by atoms with E-state index in [4.69, 9.17) is 0 Å². The van der Waals surface area contributed by atoms with Gasteiger partial charge in [-0.3, -0.25) is 9.78 Å². The van der Waals surface area contributed by atoms with Crippen LogP contribution in [-0.2, 0) is 0 Å². The van der Waals surface area contributed by atoms with Crippen LogP contribution in [0.1, 0.15) is 54.6 Å². The molecule has 2 N–H and O–H groups in total. The third-order valence-corrected chi connectivity index (χ3v) is 5.24. The van der Waals surface area contributed by atoms with E-state index in [9.17, 15) is 14.3 Å². The van der Waals surface area contributed by atoms with Crippen molar-refractivity contribution in [3.63, 3.8) is 0 Å². The van der Waals surface area contributed by atoms with E-state index in [2.05, 4.69) is 10.3 Å². The van der Waals surface area contributed by atoms with Crippen LogP contribution in [0.2, 0.25) is 0 Å². The molecule has 0 saturated heterocycles. The van der Waals surface area contributed by atoms with Gasteiger partial charge in [-0.2, -0.15) is 0 Å². The number of rotatable bonds is 5. The van der Waals surface area contributed by atoms with Gasteiger partial charge in [0.2, 0.25) is 0 Å². The minimum absolute atomic E-state index is 0.101. The van der Waals surface area contributed by atoms with Crippen molar-refractivity contribution in [1.82, 2.24) is 10.3 Å². The van der Waals surface area contributed by atoms with Gasteiger partial charge in [-0.25, -0.2) is 4.39 Å². The average Bonchev–Trinajstić information content (AvgIpc) is 3.45.